The van der Waals surface area contributed by atoms with E-state index in [4.69, 9.17) is 11.6 Å². The van der Waals surface area contributed by atoms with Gasteiger partial charge >= 0.3 is 0 Å². The van der Waals surface area contributed by atoms with Gasteiger partial charge in [-0.1, -0.05) is 11.6 Å². The summed E-state index contributed by atoms with van der Waals surface area (Å²) in [6, 6.07) is 8.29. The highest BCUT2D eigenvalue weighted by atomic mass is 35.5. The van der Waals surface area contributed by atoms with Crippen molar-refractivity contribution in [3.05, 3.63) is 57.2 Å². The number of hydrogen-bond donors (Lipinski definition) is 1. The zero-order valence-electron chi connectivity index (χ0n) is 12.6. The lowest BCUT2D eigenvalue weighted by Crippen LogP contribution is -2.55. The molecule has 1 N–H and O–H groups in total. The largest absolute Gasteiger partial charge is 0.272 e. The van der Waals surface area contributed by atoms with E-state index in [0.717, 1.165) is 0 Å². The van der Waals surface area contributed by atoms with Gasteiger partial charge in [0, 0.05) is 16.0 Å². The SMILES string of the molecule is CC(C)(C)N(NC(=O)c1ccsc1)C(=O)c1ccc(Cl)cc1. The Morgan fingerprint density at radius 3 is 2.23 bits per heavy atom. The molecular weight excluding hydrogens is 320 g/mol. The number of amides is 2. The number of thiophene rings is 1. The van der Waals surface area contributed by atoms with Gasteiger partial charge in [-0.2, -0.15) is 11.3 Å². The molecule has 1 aromatic heterocycles. The zero-order valence-corrected chi connectivity index (χ0v) is 14.2. The Kier molecular flexibility index (Phi) is 4.88. The minimum Gasteiger partial charge on any atom is -0.267 e. The number of rotatable bonds is 2. The second-order valence-corrected chi connectivity index (χ2v) is 6.99. The van der Waals surface area contributed by atoms with Crippen LogP contribution in [0, 0.1) is 0 Å². The molecule has 6 heteroatoms. The van der Waals surface area contributed by atoms with Gasteiger partial charge in [0.15, 0.2) is 0 Å². The van der Waals surface area contributed by atoms with Crippen molar-refractivity contribution in [2.45, 2.75) is 26.3 Å². The zero-order chi connectivity index (χ0) is 16.3. The van der Waals surface area contributed by atoms with E-state index in [1.807, 2.05) is 26.2 Å². The first-order valence-corrected chi connectivity index (χ1v) is 8.04. The van der Waals surface area contributed by atoms with Gasteiger partial charge in [0.2, 0.25) is 0 Å². The summed E-state index contributed by atoms with van der Waals surface area (Å²) >= 11 is 7.27. The van der Waals surface area contributed by atoms with E-state index in [-0.39, 0.29) is 11.8 Å². The van der Waals surface area contributed by atoms with Gasteiger partial charge in [-0.05, 0) is 56.5 Å². The molecule has 116 valence electrons. The van der Waals surface area contributed by atoms with Crippen molar-refractivity contribution in [1.82, 2.24) is 10.4 Å². The van der Waals surface area contributed by atoms with Gasteiger partial charge in [-0.25, -0.2) is 5.01 Å². The summed E-state index contributed by atoms with van der Waals surface area (Å²) in [6.45, 7) is 5.57. The molecule has 0 spiro atoms. The lowest BCUT2D eigenvalue weighted by molar-refractivity contribution is 0.0359. The second-order valence-electron chi connectivity index (χ2n) is 5.77. The van der Waals surface area contributed by atoms with E-state index in [1.54, 1.807) is 35.7 Å². The molecule has 0 aliphatic heterocycles. The summed E-state index contributed by atoms with van der Waals surface area (Å²) in [7, 11) is 0. The Balaban J connectivity index is 2.25. The van der Waals surface area contributed by atoms with Crippen molar-refractivity contribution < 1.29 is 9.59 Å². The molecule has 2 amide bonds. The third-order valence-corrected chi connectivity index (χ3v) is 3.90. The molecule has 0 radical (unpaired) electrons. The predicted molar refractivity (Wildman–Crippen MR) is 89.2 cm³/mol. The number of hydrogen-bond acceptors (Lipinski definition) is 3. The summed E-state index contributed by atoms with van der Waals surface area (Å²) in [5, 5.41) is 5.46. The van der Waals surface area contributed by atoms with Crippen molar-refractivity contribution in [3.63, 3.8) is 0 Å². The molecule has 0 unspecified atom stereocenters. The topological polar surface area (TPSA) is 49.4 Å². The Morgan fingerprint density at radius 2 is 1.73 bits per heavy atom. The smallest absolute Gasteiger partial charge is 0.267 e. The summed E-state index contributed by atoms with van der Waals surface area (Å²) < 4.78 is 0. The Morgan fingerprint density at radius 1 is 1.09 bits per heavy atom. The number of benzene rings is 1. The van der Waals surface area contributed by atoms with E-state index >= 15 is 0 Å². The Hall–Kier alpha value is -1.85. The van der Waals surface area contributed by atoms with E-state index in [2.05, 4.69) is 5.43 Å². The van der Waals surface area contributed by atoms with Crippen LogP contribution in [0.5, 0.6) is 0 Å². The van der Waals surface area contributed by atoms with Gasteiger partial charge in [0.05, 0.1) is 11.1 Å². The number of carbonyl (C=O) groups is 2. The number of nitrogens with one attached hydrogen (secondary N) is 1. The average molecular weight is 337 g/mol. The quantitative estimate of drug-likeness (QED) is 0.843. The standard InChI is InChI=1S/C16H17ClN2O2S/c1-16(2,3)19(18-14(20)12-8-9-22-10-12)15(21)11-4-6-13(17)7-5-11/h4-10H,1-3H3,(H,18,20). The molecule has 2 rings (SSSR count). The summed E-state index contributed by atoms with van der Waals surface area (Å²) in [5.74, 6) is -0.591. The molecule has 1 aromatic carbocycles. The first-order valence-electron chi connectivity index (χ1n) is 6.72. The predicted octanol–water partition coefficient (Wildman–Crippen LogP) is 3.99. The molecule has 4 nitrogen and oxygen atoms in total. The lowest BCUT2D eigenvalue weighted by Gasteiger charge is -2.35. The third-order valence-electron chi connectivity index (χ3n) is 2.96. The number of hydrazine groups is 1. The first kappa shape index (κ1) is 16.5. The number of nitrogens with zero attached hydrogens (tertiary/aromatic N) is 1. The molecule has 0 aliphatic rings. The highest BCUT2D eigenvalue weighted by Crippen LogP contribution is 2.18. The average Bonchev–Trinajstić information content (AvgIpc) is 2.97. The minimum absolute atomic E-state index is 0.284. The van der Waals surface area contributed by atoms with Gasteiger partial charge < -0.3 is 0 Å². The van der Waals surface area contributed by atoms with E-state index in [9.17, 15) is 9.59 Å². The van der Waals surface area contributed by atoms with Crippen LogP contribution in [0.3, 0.4) is 0 Å². The van der Waals surface area contributed by atoms with E-state index < -0.39 is 5.54 Å². The summed E-state index contributed by atoms with van der Waals surface area (Å²) in [4.78, 5) is 24.9. The number of carbonyl (C=O) groups excluding carboxylic acids is 2. The second kappa shape index (κ2) is 6.50. The van der Waals surface area contributed by atoms with Crippen LogP contribution in [0.2, 0.25) is 5.02 Å². The van der Waals surface area contributed by atoms with Gasteiger partial charge in [-0.15, -0.1) is 0 Å². The highest BCUT2D eigenvalue weighted by Gasteiger charge is 2.29. The molecule has 0 saturated heterocycles. The van der Waals surface area contributed by atoms with Crippen molar-refractivity contribution in [2.75, 3.05) is 0 Å². The monoisotopic (exact) mass is 336 g/mol. The van der Waals surface area contributed by atoms with Gasteiger partial charge in [0.1, 0.15) is 0 Å². The maximum absolute atomic E-state index is 12.7. The van der Waals surface area contributed by atoms with Crippen LogP contribution in [-0.2, 0) is 0 Å². The van der Waals surface area contributed by atoms with E-state index in [0.29, 0.717) is 16.1 Å². The van der Waals surface area contributed by atoms with Crippen LogP contribution in [0.1, 0.15) is 41.5 Å². The molecule has 0 fully saturated rings. The molecule has 0 saturated carbocycles. The Labute approximate surface area is 138 Å². The Bertz CT molecular complexity index is 660. The molecular formula is C16H17ClN2O2S. The first-order chi connectivity index (χ1) is 10.3. The fourth-order valence-corrected chi connectivity index (χ4v) is 2.57. The van der Waals surface area contributed by atoms with Crippen LogP contribution in [0.4, 0.5) is 0 Å². The van der Waals surface area contributed by atoms with Crippen LogP contribution in [-0.4, -0.2) is 22.4 Å². The molecule has 0 atom stereocenters. The summed E-state index contributed by atoms with van der Waals surface area (Å²) in [5.41, 5.74) is 3.12. The maximum atomic E-state index is 12.7. The van der Waals surface area contributed by atoms with Crippen LogP contribution >= 0.6 is 22.9 Å². The molecule has 0 bridgehead atoms. The van der Waals surface area contributed by atoms with Crippen molar-refractivity contribution >= 4 is 34.8 Å². The molecule has 1 heterocycles. The third kappa shape index (κ3) is 3.87. The van der Waals surface area contributed by atoms with Crippen LogP contribution in [0.25, 0.3) is 0 Å². The van der Waals surface area contributed by atoms with Crippen molar-refractivity contribution in [2.24, 2.45) is 0 Å². The van der Waals surface area contributed by atoms with Crippen LogP contribution < -0.4 is 5.43 Å². The molecule has 0 aliphatic carbocycles. The fraction of sp³-hybridized carbons (Fsp3) is 0.250. The fourth-order valence-electron chi connectivity index (χ4n) is 1.80. The van der Waals surface area contributed by atoms with Crippen molar-refractivity contribution in [3.8, 4) is 0 Å². The minimum atomic E-state index is -0.567. The molecule has 22 heavy (non-hydrogen) atoms. The highest BCUT2D eigenvalue weighted by molar-refractivity contribution is 7.08. The van der Waals surface area contributed by atoms with Gasteiger partial charge in [0.25, 0.3) is 11.8 Å². The van der Waals surface area contributed by atoms with Crippen molar-refractivity contribution in [1.29, 1.82) is 0 Å². The van der Waals surface area contributed by atoms with Crippen LogP contribution in [0.15, 0.2) is 41.1 Å². The molecule has 2 aromatic rings. The number of halogens is 1. The maximum Gasteiger partial charge on any atom is 0.272 e. The lowest BCUT2D eigenvalue weighted by atomic mass is 10.1. The van der Waals surface area contributed by atoms with Gasteiger partial charge in [-0.3, -0.25) is 15.0 Å². The van der Waals surface area contributed by atoms with E-state index in [1.165, 1.54) is 16.3 Å². The summed E-state index contributed by atoms with van der Waals surface area (Å²) in [6.07, 6.45) is 0. The normalized spacial score (nSPS) is 11.1.